The number of hydrogen-bond donors (Lipinski definition) is 4. The van der Waals surface area contributed by atoms with Gasteiger partial charge in [-0.3, -0.25) is 0 Å². The molecule has 6 heteroatoms. The molecule has 1 aliphatic heterocycles. The summed E-state index contributed by atoms with van der Waals surface area (Å²) in [6, 6.07) is 13.7. The summed E-state index contributed by atoms with van der Waals surface area (Å²) in [6.45, 7) is 3.77. The third-order valence-corrected chi connectivity index (χ3v) is 6.78. The van der Waals surface area contributed by atoms with Crippen LogP contribution >= 0.6 is 11.6 Å². The van der Waals surface area contributed by atoms with Crippen molar-refractivity contribution in [1.29, 1.82) is 0 Å². The highest BCUT2D eigenvalue weighted by atomic mass is 35.5. The Kier molecular flexibility index (Phi) is 5.79. The van der Waals surface area contributed by atoms with Crippen LogP contribution in [0.5, 0.6) is 0 Å². The van der Waals surface area contributed by atoms with Crippen LogP contribution in [-0.2, 0) is 16.6 Å². The number of allylic oxidation sites excluding steroid dienone is 1. The lowest BCUT2D eigenvalue weighted by Gasteiger charge is -2.40. The number of aliphatic hydroxyl groups is 4. The fourth-order valence-corrected chi connectivity index (χ4v) is 4.78. The minimum absolute atomic E-state index is 0.375. The molecular formula is C24H27ClO5. The predicted octanol–water partition coefficient (Wildman–Crippen LogP) is 2.77. The van der Waals surface area contributed by atoms with Crippen LogP contribution in [0.4, 0.5) is 0 Å². The number of halogens is 1. The standard InChI is InChI=1S/C24H27ClO5/c1-24(2,16-9-13-5-3-4-6-14(13)10-16)17-11-15(7-8-18(17)25)23-22(29)21(28)20(27)19(12-26)30-23/h3-9,11,19-23,26-29H,10,12H2,1-2H3/t19-,20-,21+,22-,23+/m1/s1. The molecular weight excluding hydrogens is 404 g/mol. The third kappa shape index (κ3) is 3.60. The first-order chi connectivity index (χ1) is 14.2. The highest BCUT2D eigenvalue weighted by Crippen LogP contribution is 2.43. The van der Waals surface area contributed by atoms with Gasteiger partial charge >= 0.3 is 0 Å². The zero-order chi connectivity index (χ0) is 21.6. The number of aliphatic hydroxyl groups excluding tert-OH is 4. The highest BCUT2D eigenvalue weighted by molar-refractivity contribution is 6.31. The molecule has 4 N–H and O–H groups in total. The Morgan fingerprint density at radius 1 is 1.03 bits per heavy atom. The van der Waals surface area contributed by atoms with Crippen LogP contribution in [0.2, 0.25) is 5.02 Å². The number of benzene rings is 2. The monoisotopic (exact) mass is 430 g/mol. The molecule has 0 saturated carbocycles. The second-order valence-electron chi connectivity index (χ2n) is 8.66. The van der Waals surface area contributed by atoms with Gasteiger partial charge in [-0.15, -0.1) is 0 Å². The van der Waals surface area contributed by atoms with Crippen LogP contribution in [0.25, 0.3) is 6.08 Å². The van der Waals surface area contributed by atoms with Crippen molar-refractivity contribution in [3.8, 4) is 0 Å². The molecule has 0 aromatic heterocycles. The van der Waals surface area contributed by atoms with Crippen LogP contribution in [0.15, 0.2) is 48.0 Å². The lowest BCUT2D eigenvalue weighted by atomic mass is 9.76. The average Bonchev–Trinajstić information content (AvgIpc) is 3.18. The van der Waals surface area contributed by atoms with Gasteiger partial charge < -0.3 is 25.2 Å². The van der Waals surface area contributed by atoms with Crippen molar-refractivity contribution in [2.24, 2.45) is 0 Å². The maximum absolute atomic E-state index is 10.5. The Balaban J connectivity index is 1.69. The van der Waals surface area contributed by atoms with Crippen molar-refractivity contribution in [3.05, 3.63) is 75.3 Å². The summed E-state index contributed by atoms with van der Waals surface area (Å²) >= 11 is 6.59. The molecule has 5 atom stereocenters. The van der Waals surface area contributed by atoms with Crippen molar-refractivity contribution in [2.75, 3.05) is 6.61 Å². The second-order valence-corrected chi connectivity index (χ2v) is 9.07. The van der Waals surface area contributed by atoms with Gasteiger partial charge in [-0.1, -0.05) is 73.5 Å². The first kappa shape index (κ1) is 21.5. The van der Waals surface area contributed by atoms with E-state index in [-0.39, 0.29) is 5.41 Å². The summed E-state index contributed by atoms with van der Waals surface area (Å²) in [4.78, 5) is 0. The molecule has 1 heterocycles. The average molecular weight is 431 g/mol. The van der Waals surface area contributed by atoms with Gasteiger partial charge in [-0.25, -0.2) is 0 Å². The Hall–Kier alpha value is -1.73. The molecule has 0 spiro atoms. The molecule has 2 aromatic carbocycles. The van der Waals surface area contributed by atoms with E-state index < -0.39 is 37.1 Å². The quantitative estimate of drug-likeness (QED) is 0.599. The maximum atomic E-state index is 10.5. The zero-order valence-corrected chi connectivity index (χ0v) is 17.8. The van der Waals surface area contributed by atoms with Gasteiger partial charge in [0.2, 0.25) is 0 Å². The van der Waals surface area contributed by atoms with Crippen molar-refractivity contribution in [1.82, 2.24) is 0 Å². The van der Waals surface area contributed by atoms with E-state index in [1.807, 2.05) is 18.2 Å². The number of fused-ring (bicyclic) bond motifs is 1. The molecule has 0 unspecified atom stereocenters. The fourth-order valence-electron chi connectivity index (χ4n) is 4.43. The SMILES string of the molecule is CC(C)(C1=Cc2ccccc2C1)c1cc([C@@H]2O[C@H](CO)[C@@H](O)[C@H](O)[C@H]2O)ccc1Cl. The van der Waals surface area contributed by atoms with Gasteiger partial charge in [0.1, 0.15) is 30.5 Å². The Morgan fingerprint density at radius 2 is 1.77 bits per heavy atom. The molecule has 4 rings (SSSR count). The molecule has 2 aliphatic rings. The number of hydrogen-bond acceptors (Lipinski definition) is 5. The van der Waals surface area contributed by atoms with Crippen LogP contribution in [0.1, 0.15) is 42.2 Å². The summed E-state index contributed by atoms with van der Waals surface area (Å²) in [5.74, 6) is 0. The smallest absolute Gasteiger partial charge is 0.113 e. The summed E-state index contributed by atoms with van der Waals surface area (Å²) in [7, 11) is 0. The first-order valence-corrected chi connectivity index (χ1v) is 10.5. The number of rotatable bonds is 4. The fraction of sp³-hybridized carbons (Fsp3) is 0.417. The molecule has 5 nitrogen and oxygen atoms in total. The molecule has 160 valence electrons. The van der Waals surface area contributed by atoms with Crippen molar-refractivity contribution in [3.63, 3.8) is 0 Å². The zero-order valence-electron chi connectivity index (χ0n) is 17.0. The van der Waals surface area contributed by atoms with Gasteiger partial charge in [0.25, 0.3) is 0 Å². The van der Waals surface area contributed by atoms with Gasteiger partial charge in [-0.2, -0.15) is 0 Å². The van der Waals surface area contributed by atoms with Gasteiger partial charge in [0, 0.05) is 10.4 Å². The first-order valence-electron chi connectivity index (χ1n) is 10.1. The second kappa shape index (κ2) is 8.08. The molecule has 30 heavy (non-hydrogen) atoms. The predicted molar refractivity (Wildman–Crippen MR) is 115 cm³/mol. The van der Waals surface area contributed by atoms with E-state index in [0.717, 1.165) is 12.0 Å². The van der Waals surface area contributed by atoms with Crippen LogP contribution < -0.4 is 0 Å². The van der Waals surface area contributed by atoms with Crippen LogP contribution in [-0.4, -0.2) is 51.4 Å². The van der Waals surface area contributed by atoms with Crippen molar-refractivity contribution < 1.29 is 25.2 Å². The van der Waals surface area contributed by atoms with Crippen LogP contribution in [0.3, 0.4) is 0 Å². The van der Waals surface area contributed by atoms with E-state index in [4.69, 9.17) is 16.3 Å². The molecule has 0 bridgehead atoms. The lowest BCUT2D eigenvalue weighted by Crippen LogP contribution is -2.55. The molecule has 1 saturated heterocycles. The van der Waals surface area contributed by atoms with Gasteiger partial charge in [-0.05, 0) is 34.7 Å². The number of ether oxygens (including phenoxy) is 1. The minimum Gasteiger partial charge on any atom is -0.394 e. The summed E-state index contributed by atoms with van der Waals surface area (Å²) in [5.41, 5.74) is 4.87. The van der Waals surface area contributed by atoms with E-state index in [2.05, 4.69) is 32.1 Å². The molecule has 1 aliphatic carbocycles. The summed E-state index contributed by atoms with van der Waals surface area (Å²) in [5, 5.41) is 40.8. The van der Waals surface area contributed by atoms with E-state index in [9.17, 15) is 20.4 Å². The molecule has 1 fully saturated rings. The van der Waals surface area contributed by atoms with Crippen molar-refractivity contribution >= 4 is 17.7 Å². The summed E-state index contributed by atoms with van der Waals surface area (Å²) in [6.07, 6.45) is -2.92. The molecule has 0 radical (unpaired) electrons. The third-order valence-electron chi connectivity index (χ3n) is 6.45. The highest BCUT2D eigenvalue weighted by Gasteiger charge is 2.44. The van der Waals surface area contributed by atoms with E-state index in [0.29, 0.717) is 10.6 Å². The normalized spacial score (nSPS) is 28.9. The van der Waals surface area contributed by atoms with Gasteiger partial charge in [0.05, 0.1) is 6.61 Å². The summed E-state index contributed by atoms with van der Waals surface area (Å²) < 4.78 is 5.73. The Morgan fingerprint density at radius 3 is 2.47 bits per heavy atom. The lowest BCUT2D eigenvalue weighted by molar-refractivity contribution is -0.231. The topological polar surface area (TPSA) is 90.2 Å². The minimum atomic E-state index is -1.42. The van der Waals surface area contributed by atoms with Crippen LogP contribution in [0, 0.1) is 0 Å². The van der Waals surface area contributed by atoms with E-state index in [1.165, 1.54) is 16.7 Å². The van der Waals surface area contributed by atoms with E-state index in [1.54, 1.807) is 12.1 Å². The molecule has 2 aromatic rings. The Bertz CT molecular complexity index is 968. The van der Waals surface area contributed by atoms with Gasteiger partial charge in [0.15, 0.2) is 0 Å². The Labute approximate surface area is 181 Å². The van der Waals surface area contributed by atoms with Crippen molar-refractivity contribution in [2.45, 2.75) is 56.2 Å². The maximum Gasteiger partial charge on any atom is 0.113 e. The largest absolute Gasteiger partial charge is 0.394 e. The molecule has 0 amide bonds. The van der Waals surface area contributed by atoms with E-state index >= 15 is 0 Å².